The van der Waals surface area contributed by atoms with Crippen molar-refractivity contribution in [1.29, 1.82) is 0 Å². The third-order valence-electron chi connectivity index (χ3n) is 4.80. The molecule has 0 amide bonds. The molecule has 0 aromatic rings. The minimum absolute atomic E-state index is 0.716. The summed E-state index contributed by atoms with van der Waals surface area (Å²) in [6, 6.07) is 0. The van der Waals surface area contributed by atoms with E-state index in [9.17, 15) is 0 Å². The van der Waals surface area contributed by atoms with E-state index < -0.39 is 0 Å². The lowest BCUT2D eigenvalue weighted by molar-refractivity contribution is -0.0297. The van der Waals surface area contributed by atoms with Gasteiger partial charge in [0.2, 0.25) is 0 Å². The molecule has 2 unspecified atom stereocenters. The molecule has 0 heterocycles. The first-order valence-electron chi connectivity index (χ1n) is 5.13. The second-order valence-electron chi connectivity index (χ2n) is 5.14. The highest BCUT2D eigenvalue weighted by Crippen LogP contribution is 2.55. The Morgan fingerprint density at radius 3 is 2.00 bits per heavy atom. The first-order valence-corrected chi connectivity index (χ1v) is 5.13. The van der Waals surface area contributed by atoms with Gasteiger partial charge in [-0.1, -0.05) is 20.8 Å². The molecule has 3 rings (SSSR count). The minimum atomic E-state index is 0.716. The zero-order valence-electron chi connectivity index (χ0n) is 8.06. The molecule has 3 fully saturated rings. The summed E-state index contributed by atoms with van der Waals surface area (Å²) in [5.41, 5.74) is 0.716. The first-order chi connectivity index (χ1) is 5.13. The fraction of sp³-hybridized carbons (Fsp3) is 1.00. The van der Waals surface area contributed by atoms with Crippen molar-refractivity contribution in [2.75, 3.05) is 0 Å². The van der Waals surface area contributed by atoms with Crippen LogP contribution in [0.1, 0.15) is 46.5 Å². The first kappa shape index (κ1) is 7.64. The second kappa shape index (κ2) is 2.24. The highest BCUT2D eigenvalue weighted by molar-refractivity contribution is 4.96. The minimum Gasteiger partial charge on any atom is -0.0620 e. The van der Waals surface area contributed by atoms with Crippen molar-refractivity contribution in [1.82, 2.24) is 0 Å². The number of hydrogen-bond acceptors (Lipinski definition) is 0. The van der Waals surface area contributed by atoms with E-state index in [0.29, 0.717) is 5.41 Å². The quantitative estimate of drug-likeness (QED) is 0.498. The van der Waals surface area contributed by atoms with E-state index >= 15 is 0 Å². The lowest BCUT2D eigenvalue weighted by atomic mass is 9.52. The highest BCUT2D eigenvalue weighted by atomic mass is 14.5. The van der Waals surface area contributed by atoms with Gasteiger partial charge in [-0.15, -0.1) is 0 Å². The number of hydrogen-bond donors (Lipinski definition) is 0. The Balaban J connectivity index is 2.23. The van der Waals surface area contributed by atoms with Crippen LogP contribution in [0.15, 0.2) is 0 Å². The van der Waals surface area contributed by atoms with E-state index in [4.69, 9.17) is 0 Å². The summed E-state index contributed by atoms with van der Waals surface area (Å²) in [5.74, 6) is 3.06. The van der Waals surface area contributed by atoms with E-state index in [1.54, 1.807) is 0 Å². The zero-order valence-corrected chi connectivity index (χ0v) is 8.06. The van der Waals surface area contributed by atoms with Crippen molar-refractivity contribution in [3.8, 4) is 0 Å². The third kappa shape index (κ3) is 0.947. The van der Waals surface area contributed by atoms with Crippen LogP contribution in [0.4, 0.5) is 0 Å². The molecule has 2 atom stereocenters. The maximum absolute atomic E-state index is 2.50. The fourth-order valence-electron chi connectivity index (χ4n) is 3.32. The van der Waals surface area contributed by atoms with Gasteiger partial charge in [0.05, 0.1) is 0 Å². The summed E-state index contributed by atoms with van der Waals surface area (Å²) in [6.45, 7) is 7.44. The van der Waals surface area contributed by atoms with Crippen molar-refractivity contribution in [3.05, 3.63) is 0 Å². The largest absolute Gasteiger partial charge is 0.0620 e. The Bertz CT molecular complexity index is 151. The predicted octanol–water partition coefficient (Wildman–Crippen LogP) is 3.47. The van der Waals surface area contributed by atoms with E-state index in [-0.39, 0.29) is 0 Å². The van der Waals surface area contributed by atoms with Gasteiger partial charge in [0, 0.05) is 0 Å². The van der Waals surface area contributed by atoms with Gasteiger partial charge < -0.3 is 0 Å². The molecule has 64 valence electrons. The monoisotopic (exact) mass is 152 g/mol. The lowest BCUT2D eigenvalue weighted by Gasteiger charge is -2.53. The summed E-state index contributed by atoms with van der Waals surface area (Å²) >= 11 is 0. The summed E-state index contributed by atoms with van der Waals surface area (Å²) in [7, 11) is 0. The molecule has 0 radical (unpaired) electrons. The zero-order chi connectivity index (χ0) is 8.06. The van der Waals surface area contributed by atoms with Crippen LogP contribution in [0.5, 0.6) is 0 Å². The molecule has 2 bridgehead atoms. The molecule has 3 saturated carbocycles. The molecule has 0 aromatic carbocycles. The van der Waals surface area contributed by atoms with Gasteiger partial charge in [-0.05, 0) is 48.9 Å². The fourth-order valence-corrected chi connectivity index (χ4v) is 3.32. The van der Waals surface area contributed by atoms with E-state index in [1.165, 1.54) is 25.7 Å². The van der Waals surface area contributed by atoms with E-state index in [0.717, 1.165) is 17.8 Å². The molecule has 0 nitrogen and oxygen atoms in total. The molecular weight excluding hydrogens is 132 g/mol. The second-order valence-corrected chi connectivity index (χ2v) is 5.14. The van der Waals surface area contributed by atoms with Gasteiger partial charge in [0.1, 0.15) is 0 Å². The third-order valence-corrected chi connectivity index (χ3v) is 4.80. The van der Waals surface area contributed by atoms with Crippen LogP contribution in [-0.2, 0) is 0 Å². The van der Waals surface area contributed by atoms with Crippen molar-refractivity contribution >= 4 is 0 Å². The average Bonchev–Trinajstić information content (AvgIpc) is 2.01. The molecule has 0 aromatic heterocycles. The maximum atomic E-state index is 2.50. The Morgan fingerprint density at radius 1 is 1.09 bits per heavy atom. The number of fused-ring (bicyclic) bond motifs is 3. The molecular formula is C11H20. The smallest absolute Gasteiger partial charge is 0.0297 e. The molecule has 11 heavy (non-hydrogen) atoms. The molecule has 0 N–H and O–H groups in total. The normalized spacial score (nSPS) is 56.5. The topological polar surface area (TPSA) is 0 Å². The van der Waals surface area contributed by atoms with Crippen LogP contribution in [0.25, 0.3) is 0 Å². The van der Waals surface area contributed by atoms with Crippen molar-refractivity contribution in [2.24, 2.45) is 23.2 Å². The summed E-state index contributed by atoms with van der Waals surface area (Å²) < 4.78 is 0. The summed E-state index contributed by atoms with van der Waals surface area (Å²) in [4.78, 5) is 0. The standard InChI is InChI=1S/C11H20/c1-8-9(2)11(3)6-4-10(8)5-7-11/h8-10H,4-7H2,1-3H3. The molecule has 3 aliphatic carbocycles. The van der Waals surface area contributed by atoms with Gasteiger partial charge >= 0.3 is 0 Å². The van der Waals surface area contributed by atoms with Gasteiger partial charge in [0.15, 0.2) is 0 Å². The van der Waals surface area contributed by atoms with Gasteiger partial charge in [-0.3, -0.25) is 0 Å². The Kier molecular flexibility index (Phi) is 1.56. The molecule has 0 spiro atoms. The van der Waals surface area contributed by atoms with Crippen LogP contribution in [0.3, 0.4) is 0 Å². The summed E-state index contributed by atoms with van der Waals surface area (Å²) in [6.07, 6.45) is 6.04. The van der Waals surface area contributed by atoms with Gasteiger partial charge in [0.25, 0.3) is 0 Å². The van der Waals surface area contributed by atoms with Gasteiger partial charge in [-0.2, -0.15) is 0 Å². The molecule has 3 aliphatic rings. The predicted molar refractivity (Wildman–Crippen MR) is 48.4 cm³/mol. The average molecular weight is 152 g/mol. The van der Waals surface area contributed by atoms with Crippen LogP contribution < -0.4 is 0 Å². The lowest BCUT2D eigenvalue weighted by Crippen LogP contribution is -2.44. The maximum Gasteiger partial charge on any atom is -0.0297 e. The number of rotatable bonds is 0. The van der Waals surface area contributed by atoms with Crippen LogP contribution in [-0.4, -0.2) is 0 Å². The Morgan fingerprint density at radius 2 is 1.64 bits per heavy atom. The van der Waals surface area contributed by atoms with Crippen molar-refractivity contribution < 1.29 is 0 Å². The van der Waals surface area contributed by atoms with Gasteiger partial charge in [-0.25, -0.2) is 0 Å². The van der Waals surface area contributed by atoms with E-state index in [1.807, 2.05) is 0 Å². The molecule has 0 saturated heterocycles. The molecule has 0 heteroatoms. The van der Waals surface area contributed by atoms with Crippen molar-refractivity contribution in [3.63, 3.8) is 0 Å². The Hall–Kier alpha value is 0. The van der Waals surface area contributed by atoms with E-state index in [2.05, 4.69) is 20.8 Å². The highest BCUT2D eigenvalue weighted by Gasteiger charge is 2.46. The Labute approximate surface area is 70.4 Å². The van der Waals surface area contributed by atoms with Crippen LogP contribution >= 0.6 is 0 Å². The summed E-state index contributed by atoms with van der Waals surface area (Å²) in [5, 5.41) is 0. The van der Waals surface area contributed by atoms with Crippen molar-refractivity contribution in [2.45, 2.75) is 46.5 Å². The molecule has 0 aliphatic heterocycles. The SMILES string of the molecule is CC1C2CCC(C)(CC2)C1C. The van der Waals surface area contributed by atoms with Crippen LogP contribution in [0, 0.1) is 23.2 Å². The van der Waals surface area contributed by atoms with Crippen LogP contribution in [0.2, 0.25) is 0 Å².